The van der Waals surface area contributed by atoms with Crippen LogP contribution in [0.5, 0.6) is 5.75 Å². The number of nitrogens with one attached hydrogen (secondary N) is 1. The quantitative estimate of drug-likeness (QED) is 0.776. The maximum atomic E-state index is 13.5. The molecule has 2 nitrogen and oxygen atoms in total. The summed E-state index contributed by atoms with van der Waals surface area (Å²) in [5, 5.41) is 3.80. The van der Waals surface area contributed by atoms with Gasteiger partial charge in [-0.05, 0) is 34.6 Å². The molecule has 0 saturated carbocycles. The molecule has 0 heterocycles. The molecular weight excluding hydrogens is 357 g/mol. The minimum atomic E-state index is -0.303. The fourth-order valence-electron chi connectivity index (χ4n) is 1.92. The monoisotopic (exact) mass is 371 g/mol. The van der Waals surface area contributed by atoms with Crippen molar-refractivity contribution < 1.29 is 9.13 Å². The Labute approximate surface area is 137 Å². The van der Waals surface area contributed by atoms with Crippen molar-refractivity contribution in [2.75, 3.05) is 6.54 Å². The van der Waals surface area contributed by atoms with Crippen molar-refractivity contribution in [3.05, 3.63) is 62.8 Å². The smallest absolute Gasteiger partial charge is 0.142 e. The van der Waals surface area contributed by atoms with Crippen LogP contribution in [0.15, 0.2) is 40.9 Å². The number of ether oxygens (including phenoxy) is 1. The van der Waals surface area contributed by atoms with Crippen LogP contribution in [0.2, 0.25) is 5.02 Å². The zero-order chi connectivity index (χ0) is 15.2. The van der Waals surface area contributed by atoms with E-state index in [2.05, 4.69) is 21.2 Å². The van der Waals surface area contributed by atoms with Crippen molar-refractivity contribution in [2.24, 2.45) is 0 Å². The molecule has 112 valence electrons. The minimum absolute atomic E-state index is 0.251. The molecule has 0 aliphatic heterocycles. The Morgan fingerprint density at radius 3 is 2.67 bits per heavy atom. The molecule has 0 radical (unpaired) electrons. The summed E-state index contributed by atoms with van der Waals surface area (Å²) < 4.78 is 19.7. The van der Waals surface area contributed by atoms with Crippen molar-refractivity contribution in [1.29, 1.82) is 0 Å². The molecule has 2 aromatic carbocycles. The van der Waals surface area contributed by atoms with E-state index in [1.54, 1.807) is 12.1 Å². The number of hydrogen-bond donors (Lipinski definition) is 1. The van der Waals surface area contributed by atoms with E-state index in [4.69, 9.17) is 16.3 Å². The fourth-order valence-corrected chi connectivity index (χ4v) is 2.55. The molecule has 5 heteroatoms. The van der Waals surface area contributed by atoms with Crippen LogP contribution in [0.3, 0.4) is 0 Å². The number of para-hydroxylation sites is 1. The third-order valence-electron chi connectivity index (χ3n) is 3.02. The number of rotatable bonds is 6. The van der Waals surface area contributed by atoms with Gasteiger partial charge in [-0.3, -0.25) is 0 Å². The number of halogens is 3. The van der Waals surface area contributed by atoms with Crippen LogP contribution < -0.4 is 10.1 Å². The molecule has 0 aromatic heterocycles. The van der Waals surface area contributed by atoms with Crippen molar-refractivity contribution in [1.82, 2.24) is 5.32 Å². The van der Waals surface area contributed by atoms with Gasteiger partial charge in [-0.15, -0.1) is 0 Å². The molecule has 0 spiro atoms. The summed E-state index contributed by atoms with van der Waals surface area (Å²) >= 11 is 9.44. The van der Waals surface area contributed by atoms with Gasteiger partial charge in [0.15, 0.2) is 0 Å². The maximum absolute atomic E-state index is 13.5. The summed E-state index contributed by atoms with van der Waals surface area (Å²) in [4.78, 5) is 0. The highest BCUT2D eigenvalue weighted by Crippen LogP contribution is 2.30. The van der Waals surface area contributed by atoms with Gasteiger partial charge in [0.1, 0.15) is 18.2 Å². The van der Waals surface area contributed by atoms with Gasteiger partial charge in [0.25, 0.3) is 0 Å². The SMILES string of the molecule is CCNCc1cccc(Cl)c1OCc1cccc(F)c1Br. The summed E-state index contributed by atoms with van der Waals surface area (Å²) in [6.07, 6.45) is 0. The average Bonchev–Trinajstić information content (AvgIpc) is 2.48. The predicted molar refractivity (Wildman–Crippen MR) is 87.3 cm³/mol. The zero-order valence-electron chi connectivity index (χ0n) is 11.6. The lowest BCUT2D eigenvalue weighted by Gasteiger charge is -2.14. The first-order valence-corrected chi connectivity index (χ1v) is 7.84. The van der Waals surface area contributed by atoms with Gasteiger partial charge < -0.3 is 10.1 Å². The maximum Gasteiger partial charge on any atom is 0.142 e. The van der Waals surface area contributed by atoms with Crippen LogP contribution in [0.4, 0.5) is 4.39 Å². The van der Waals surface area contributed by atoms with Crippen LogP contribution in [-0.4, -0.2) is 6.54 Å². The summed E-state index contributed by atoms with van der Waals surface area (Å²) in [5.74, 6) is 0.333. The fraction of sp³-hybridized carbons (Fsp3) is 0.250. The Kier molecular flexibility index (Phi) is 6.03. The van der Waals surface area contributed by atoms with Crippen LogP contribution in [0, 0.1) is 5.82 Å². The molecule has 2 aromatic rings. The lowest BCUT2D eigenvalue weighted by Crippen LogP contribution is -2.13. The zero-order valence-corrected chi connectivity index (χ0v) is 14.0. The highest BCUT2D eigenvalue weighted by atomic mass is 79.9. The standard InChI is InChI=1S/C16H16BrClFNO/c1-2-20-9-11-5-3-7-13(18)16(11)21-10-12-6-4-8-14(19)15(12)17/h3-8,20H,2,9-10H2,1H3. The van der Waals surface area contributed by atoms with E-state index in [-0.39, 0.29) is 12.4 Å². The van der Waals surface area contributed by atoms with Crippen molar-refractivity contribution in [2.45, 2.75) is 20.1 Å². The largest absolute Gasteiger partial charge is 0.487 e. The van der Waals surface area contributed by atoms with Gasteiger partial charge in [0, 0.05) is 17.7 Å². The third kappa shape index (κ3) is 4.19. The molecule has 0 fully saturated rings. The van der Waals surface area contributed by atoms with Gasteiger partial charge in [-0.1, -0.05) is 42.8 Å². The lowest BCUT2D eigenvalue weighted by atomic mass is 10.2. The van der Waals surface area contributed by atoms with E-state index in [0.29, 0.717) is 21.8 Å². The van der Waals surface area contributed by atoms with Gasteiger partial charge in [0.05, 0.1) is 9.50 Å². The first-order valence-electron chi connectivity index (χ1n) is 6.67. The topological polar surface area (TPSA) is 21.3 Å². The van der Waals surface area contributed by atoms with E-state index < -0.39 is 0 Å². The van der Waals surface area contributed by atoms with Gasteiger partial charge in [-0.2, -0.15) is 0 Å². The van der Waals surface area contributed by atoms with Crippen molar-refractivity contribution in [3.63, 3.8) is 0 Å². The lowest BCUT2D eigenvalue weighted by molar-refractivity contribution is 0.301. The van der Waals surface area contributed by atoms with E-state index in [1.807, 2.05) is 25.1 Å². The molecule has 0 aliphatic rings. The molecule has 1 N–H and O–H groups in total. The Morgan fingerprint density at radius 2 is 1.90 bits per heavy atom. The Balaban J connectivity index is 2.17. The average molecular weight is 373 g/mol. The Bertz CT molecular complexity index is 621. The molecule has 0 aliphatic carbocycles. The summed E-state index contributed by atoms with van der Waals surface area (Å²) in [5.41, 5.74) is 1.72. The van der Waals surface area contributed by atoms with Gasteiger partial charge in [0.2, 0.25) is 0 Å². The summed E-state index contributed by atoms with van der Waals surface area (Å²) in [6.45, 7) is 3.83. The molecule has 0 unspecified atom stereocenters. The van der Waals surface area contributed by atoms with Crippen LogP contribution in [0.1, 0.15) is 18.1 Å². The molecule has 0 atom stereocenters. The summed E-state index contributed by atoms with van der Waals surface area (Å²) in [7, 11) is 0. The van der Waals surface area contributed by atoms with E-state index in [1.165, 1.54) is 6.07 Å². The first-order chi connectivity index (χ1) is 10.1. The molecule has 21 heavy (non-hydrogen) atoms. The van der Waals surface area contributed by atoms with E-state index >= 15 is 0 Å². The molecular formula is C16H16BrClFNO. The van der Waals surface area contributed by atoms with Crippen molar-refractivity contribution >= 4 is 27.5 Å². The minimum Gasteiger partial charge on any atom is -0.487 e. The predicted octanol–water partition coefficient (Wildman–Crippen LogP) is 4.93. The molecule has 0 saturated heterocycles. The Morgan fingerprint density at radius 1 is 1.19 bits per heavy atom. The van der Waals surface area contributed by atoms with Crippen LogP contribution in [-0.2, 0) is 13.2 Å². The first kappa shape index (κ1) is 16.3. The Hall–Kier alpha value is -1.10. The molecule has 2 rings (SSSR count). The summed E-state index contributed by atoms with van der Waals surface area (Å²) in [6, 6.07) is 10.5. The van der Waals surface area contributed by atoms with Gasteiger partial charge >= 0.3 is 0 Å². The van der Waals surface area contributed by atoms with E-state index in [9.17, 15) is 4.39 Å². The molecule has 0 bridgehead atoms. The third-order valence-corrected chi connectivity index (χ3v) is 4.20. The number of hydrogen-bond acceptors (Lipinski definition) is 2. The van der Waals surface area contributed by atoms with Crippen molar-refractivity contribution in [3.8, 4) is 5.75 Å². The van der Waals surface area contributed by atoms with Crippen LogP contribution >= 0.6 is 27.5 Å². The van der Waals surface area contributed by atoms with E-state index in [0.717, 1.165) is 17.7 Å². The molecule has 0 amide bonds. The second-order valence-electron chi connectivity index (χ2n) is 4.51. The second kappa shape index (κ2) is 7.78. The van der Waals surface area contributed by atoms with Gasteiger partial charge in [-0.25, -0.2) is 4.39 Å². The highest BCUT2D eigenvalue weighted by molar-refractivity contribution is 9.10. The highest BCUT2D eigenvalue weighted by Gasteiger charge is 2.11. The second-order valence-corrected chi connectivity index (χ2v) is 5.71. The number of benzene rings is 2. The normalized spacial score (nSPS) is 10.7. The van der Waals surface area contributed by atoms with Crippen LogP contribution in [0.25, 0.3) is 0 Å².